The van der Waals surface area contributed by atoms with Gasteiger partial charge in [-0.3, -0.25) is 54.3 Å². The molecule has 0 fully saturated rings. The van der Waals surface area contributed by atoms with Crippen molar-refractivity contribution in [2.24, 2.45) is 71.0 Å². The Bertz CT molecular complexity index is 1110. The zero-order valence-corrected chi connectivity index (χ0v) is 56.6. The summed E-state index contributed by atoms with van der Waals surface area (Å²) in [4.78, 5) is 0. The molecule has 473 valence electrons. The van der Waals surface area contributed by atoms with Crippen LogP contribution in [0.2, 0.25) is 0 Å². The van der Waals surface area contributed by atoms with Gasteiger partial charge in [-0.2, -0.15) is 0 Å². The maximum absolute atomic E-state index is 12.3. The van der Waals surface area contributed by atoms with Crippen molar-refractivity contribution in [3.63, 3.8) is 0 Å². The van der Waals surface area contributed by atoms with Crippen LogP contribution >= 0.6 is 31.3 Å². The molecule has 0 rings (SSSR count). The van der Waals surface area contributed by atoms with Crippen LogP contribution in [0.15, 0.2) is 0 Å². The SMILES string of the molecule is CC(C)COP(=O)(OCC(C)C)OCC(C)C.CC(C)COP(=O)(OCC(C)C)OCC(C)C.CC(C)COP(=O)(OCC(C)C)OCC(C)C.CC(C)COP(=O)(OCC(C)C)OCC(C)C.O.O.[Co+2].[O-][Cl+](O)(O)O. The molecule has 0 amide bonds. The third-order valence-corrected chi connectivity index (χ3v) is 12.4. The first kappa shape index (κ1) is 93.4. The van der Waals surface area contributed by atoms with E-state index >= 15 is 0 Å². The molecule has 0 aromatic heterocycles. The molecule has 22 nitrogen and oxygen atoms in total. The van der Waals surface area contributed by atoms with Crippen molar-refractivity contribution in [2.45, 2.75) is 166 Å². The molecule has 0 aromatic rings. The summed E-state index contributed by atoms with van der Waals surface area (Å²) in [5.41, 5.74) is 0. The van der Waals surface area contributed by atoms with Crippen LogP contribution in [-0.2, 0) is 89.3 Å². The summed E-state index contributed by atoms with van der Waals surface area (Å²) in [7, 11) is -17.7. The van der Waals surface area contributed by atoms with Gasteiger partial charge in [0.05, 0.1) is 79.3 Å². The number of rotatable bonds is 36. The van der Waals surface area contributed by atoms with Crippen LogP contribution in [0.5, 0.6) is 0 Å². The molecule has 0 aliphatic carbocycles. The van der Waals surface area contributed by atoms with Gasteiger partial charge in [0.2, 0.25) is 0 Å². The minimum absolute atomic E-state index is 0. The Morgan fingerprint density at radius 3 is 0.355 bits per heavy atom. The average molecular weight is 1260 g/mol. The van der Waals surface area contributed by atoms with E-state index in [1.807, 2.05) is 166 Å². The summed E-state index contributed by atoms with van der Waals surface area (Å²) < 4.78 is 143. The zero-order chi connectivity index (χ0) is 58.4. The van der Waals surface area contributed by atoms with E-state index in [0.717, 1.165) is 0 Å². The molecule has 0 saturated carbocycles. The molecule has 0 aliphatic rings. The Morgan fingerprint density at radius 2 is 0.316 bits per heavy atom. The molecule has 0 heterocycles. The number of halogens is 1. The first-order chi connectivity index (χ1) is 33.0. The van der Waals surface area contributed by atoms with Crippen LogP contribution in [0.1, 0.15) is 166 Å². The van der Waals surface area contributed by atoms with Crippen LogP contribution < -0.4 is 4.66 Å². The monoisotopic (exact) mass is 1260 g/mol. The van der Waals surface area contributed by atoms with E-state index in [-0.39, 0.29) is 27.7 Å². The average Bonchev–Trinajstić information content (AvgIpc) is 3.24. The van der Waals surface area contributed by atoms with Gasteiger partial charge in [0, 0.05) is 0 Å². The summed E-state index contributed by atoms with van der Waals surface area (Å²) in [6.45, 7) is 52.5. The topological polar surface area (TPSA) is 326 Å². The van der Waals surface area contributed by atoms with Gasteiger partial charge in [-0.05, 0) is 71.0 Å². The molecular formula is C48H115ClCoO22P4+2. The fourth-order valence-electron chi connectivity index (χ4n) is 3.33. The molecule has 0 bridgehead atoms. The quantitative estimate of drug-likeness (QED) is 0.0491. The van der Waals surface area contributed by atoms with Crippen LogP contribution in [0.3, 0.4) is 0 Å². The number of hydrogen-bond donors (Lipinski definition) is 3. The molecule has 0 atom stereocenters. The molecule has 0 saturated heterocycles. The van der Waals surface area contributed by atoms with Crippen molar-refractivity contribution in [1.29, 1.82) is 0 Å². The normalized spacial score (nSPS) is 12.6. The summed E-state index contributed by atoms with van der Waals surface area (Å²) >= 11 is 0. The van der Waals surface area contributed by atoms with Gasteiger partial charge in [-0.1, -0.05) is 166 Å². The van der Waals surface area contributed by atoms with Gasteiger partial charge in [0.1, 0.15) is 0 Å². The molecule has 0 spiro atoms. The van der Waals surface area contributed by atoms with E-state index in [1.54, 1.807) is 0 Å². The number of hydrogen-bond acceptors (Lipinski definition) is 20. The van der Waals surface area contributed by atoms with Gasteiger partial charge < -0.3 is 11.0 Å². The van der Waals surface area contributed by atoms with Crippen LogP contribution in [-0.4, -0.2) is 104 Å². The second kappa shape index (κ2) is 51.6. The van der Waals surface area contributed by atoms with Crippen molar-refractivity contribution in [2.75, 3.05) is 79.3 Å². The van der Waals surface area contributed by atoms with E-state index in [0.29, 0.717) is 150 Å². The number of phosphoric acid groups is 4. The van der Waals surface area contributed by atoms with E-state index in [2.05, 4.69) is 0 Å². The van der Waals surface area contributed by atoms with Gasteiger partial charge in [0.15, 0.2) is 0 Å². The van der Waals surface area contributed by atoms with Gasteiger partial charge >= 0.3 is 76.9 Å². The van der Waals surface area contributed by atoms with Crippen LogP contribution in [0.4, 0.5) is 0 Å². The summed E-state index contributed by atoms with van der Waals surface area (Å²) in [6, 6.07) is 0. The first-order valence-electron chi connectivity index (χ1n) is 25.8. The molecule has 28 heteroatoms. The Balaban J connectivity index is -0.000000129. The maximum atomic E-state index is 12.3. The van der Waals surface area contributed by atoms with Crippen molar-refractivity contribution in [3.8, 4) is 0 Å². The van der Waals surface area contributed by atoms with Gasteiger partial charge in [-0.15, -0.1) is 0 Å². The Kier molecular flexibility index (Phi) is 63.4. The summed E-state index contributed by atoms with van der Waals surface area (Å²) in [5, 5.41) is 0. The van der Waals surface area contributed by atoms with Gasteiger partial charge in [-0.25, -0.2) is 18.3 Å². The van der Waals surface area contributed by atoms with Crippen molar-refractivity contribution in [1.82, 2.24) is 0 Å². The standard InChI is InChI=1S/4C12H27O4P.ClH3O4.Co.2H2O/c4*1-10(2)7-14-17(13,15-8-11(3)4)16-9-12(5)6;2-1(3,4)5;;;/h4*10-12H,7-9H2,1-6H3;2-4H;;2*1H2/q;;;;;+2;;. The van der Waals surface area contributed by atoms with E-state index < -0.39 is 41.5 Å². The second-order valence-electron chi connectivity index (χ2n) is 22.5. The van der Waals surface area contributed by atoms with Crippen molar-refractivity contribution < 1.29 is 129 Å². The Hall–Kier alpha value is 0.996. The minimum atomic E-state index is -4.19. The van der Waals surface area contributed by atoms with Crippen molar-refractivity contribution >= 4 is 31.3 Å². The Morgan fingerprint density at radius 1 is 0.263 bits per heavy atom. The predicted octanol–water partition coefficient (Wildman–Crippen LogP) is 11.9. The first-order valence-corrected chi connectivity index (χ1v) is 33.0. The van der Waals surface area contributed by atoms with Crippen LogP contribution in [0.25, 0.3) is 0 Å². The predicted molar refractivity (Wildman–Crippen MR) is 294 cm³/mol. The fraction of sp³-hybridized carbons (Fsp3) is 1.00. The molecule has 0 unspecified atom stereocenters. The van der Waals surface area contributed by atoms with E-state index in [9.17, 15) is 18.3 Å². The zero-order valence-electron chi connectivity index (χ0n) is 51.2. The molecule has 0 aromatic carbocycles. The van der Waals surface area contributed by atoms with Crippen LogP contribution in [0, 0.1) is 81.3 Å². The van der Waals surface area contributed by atoms with Gasteiger partial charge in [0.25, 0.3) is 0 Å². The summed E-state index contributed by atoms with van der Waals surface area (Å²) in [6.07, 6.45) is 0. The van der Waals surface area contributed by atoms with Crippen molar-refractivity contribution in [3.05, 3.63) is 0 Å². The molecule has 0 aliphatic heterocycles. The van der Waals surface area contributed by atoms with E-state index in [1.165, 1.54) is 0 Å². The third-order valence-electron chi connectivity index (χ3n) is 6.79. The molecule has 1 radical (unpaired) electrons. The summed E-state index contributed by atoms with van der Waals surface area (Å²) in [5.74, 6) is 3.60. The molecule has 7 N–H and O–H groups in total. The second-order valence-corrected chi connectivity index (χ2v) is 30.0. The molecular weight excluding hydrogens is 1150 g/mol. The molecule has 76 heavy (non-hydrogen) atoms. The Labute approximate surface area is 474 Å². The fourth-order valence-corrected chi connectivity index (χ4v) is 9.99. The third kappa shape index (κ3) is 77.1. The van der Waals surface area contributed by atoms with E-state index in [4.69, 9.17) is 72.9 Å². The number of phosphoric ester groups is 4.